The second-order valence-corrected chi connectivity index (χ2v) is 8.26. The molecule has 11 heteroatoms. The number of aromatic nitrogens is 2. The number of fused-ring (bicyclic) bond motifs is 2. The minimum Gasteiger partial charge on any atom is -0.489 e. The lowest BCUT2D eigenvalue weighted by molar-refractivity contribution is -0.120. The van der Waals surface area contributed by atoms with Crippen LogP contribution in [-0.2, 0) is 4.79 Å². The first-order valence-electron chi connectivity index (χ1n) is 9.76. The number of benzene rings is 2. The zero-order chi connectivity index (χ0) is 23.3. The average Bonchev–Trinajstić information content (AvgIpc) is 3.29. The number of nitrogens with one attached hydrogen (secondary N) is 1. The van der Waals surface area contributed by atoms with Crippen LogP contribution in [0.2, 0.25) is 0 Å². The number of hydrogen-bond donors (Lipinski definition) is 1. The number of hydrogen-bond acceptors (Lipinski definition) is 5. The maximum Gasteiger partial charge on any atom is 0.272 e. The van der Waals surface area contributed by atoms with Crippen LogP contribution < -0.4 is 15.0 Å². The summed E-state index contributed by atoms with van der Waals surface area (Å²) < 4.78 is 48.9. The van der Waals surface area contributed by atoms with Crippen LogP contribution >= 0.6 is 11.3 Å². The van der Waals surface area contributed by atoms with Crippen LogP contribution in [0.25, 0.3) is 16.2 Å². The fraction of sp³-hybridized carbons (Fsp3) is 0.136. The van der Waals surface area contributed by atoms with Gasteiger partial charge in [-0.25, -0.2) is 13.8 Å². The van der Waals surface area contributed by atoms with Gasteiger partial charge < -0.3 is 15.0 Å². The number of imidazole rings is 1. The Bertz CT molecular complexity index is 1420. The number of ether oxygens (including phenoxy) is 1. The molecule has 0 spiro atoms. The number of nitrogens with zero attached hydrogens (tertiary/aromatic N) is 3. The summed E-state index contributed by atoms with van der Waals surface area (Å²) in [6, 6.07) is 8.78. The van der Waals surface area contributed by atoms with Crippen molar-refractivity contribution >= 4 is 33.8 Å². The summed E-state index contributed by atoms with van der Waals surface area (Å²) in [6.07, 6.45) is 1.24. The summed E-state index contributed by atoms with van der Waals surface area (Å²) in [4.78, 5) is 31.3. The number of thiazole rings is 1. The summed E-state index contributed by atoms with van der Waals surface area (Å²) in [7, 11) is 1.58. The third-order valence-electron chi connectivity index (χ3n) is 5.27. The van der Waals surface area contributed by atoms with Crippen molar-refractivity contribution in [2.75, 3.05) is 18.6 Å². The number of rotatable bonds is 3. The minimum absolute atomic E-state index is 0.0885. The van der Waals surface area contributed by atoms with Gasteiger partial charge in [0.2, 0.25) is 5.13 Å². The molecule has 0 fully saturated rings. The maximum absolute atomic E-state index is 14.5. The first-order chi connectivity index (χ1) is 15.8. The topological polar surface area (TPSA) is 75.9 Å². The third-order valence-corrected chi connectivity index (χ3v) is 6.11. The molecule has 0 bridgehead atoms. The first kappa shape index (κ1) is 21.0. The number of likely N-dealkylation sites (N-methyl/N-ethyl adjacent to an activating group) is 1. The second-order valence-electron chi connectivity index (χ2n) is 7.33. The average molecular weight is 472 g/mol. The van der Waals surface area contributed by atoms with Gasteiger partial charge >= 0.3 is 0 Å². The van der Waals surface area contributed by atoms with E-state index >= 15 is 0 Å². The fourth-order valence-electron chi connectivity index (χ4n) is 3.63. The molecule has 33 heavy (non-hydrogen) atoms. The molecule has 0 unspecified atom stereocenters. The Morgan fingerprint density at radius 1 is 1.21 bits per heavy atom. The molecule has 168 valence electrons. The molecule has 2 aromatic carbocycles. The number of halogens is 3. The van der Waals surface area contributed by atoms with E-state index < -0.39 is 28.7 Å². The van der Waals surface area contributed by atoms with E-state index in [0.29, 0.717) is 28.8 Å². The molecule has 0 saturated heterocycles. The quantitative estimate of drug-likeness (QED) is 0.494. The molecular weight excluding hydrogens is 457 g/mol. The van der Waals surface area contributed by atoms with E-state index in [2.05, 4.69) is 10.3 Å². The molecule has 1 aliphatic rings. The third kappa shape index (κ3) is 3.59. The monoisotopic (exact) mass is 472 g/mol. The van der Waals surface area contributed by atoms with Gasteiger partial charge in [-0.15, -0.1) is 0 Å². The smallest absolute Gasteiger partial charge is 0.272 e. The molecule has 7 nitrogen and oxygen atoms in total. The van der Waals surface area contributed by atoms with Crippen LogP contribution in [0.4, 0.5) is 18.9 Å². The molecule has 1 N–H and O–H groups in total. The van der Waals surface area contributed by atoms with Gasteiger partial charge in [-0.05, 0) is 24.3 Å². The predicted molar refractivity (Wildman–Crippen MR) is 115 cm³/mol. The number of anilines is 1. The van der Waals surface area contributed by atoms with Crippen molar-refractivity contribution in [1.29, 1.82) is 0 Å². The molecule has 3 heterocycles. The Morgan fingerprint density at radius 3 is 2.79 bits per heavy atom. The highest BCUT2D eigenvalue weighted by Crippen LogP contribution is 2.33. The summed E-state index contributed by atoms with van der Waals surface area (Å²) in [6.45, 7) is -0.0885. The van der Waals surface area contributed by atoms with Crippen LogP contribution in [0, 0.1) is 16.8 Å². The van der Waals surface area contributed by atoms with Crippen LogP contribution in [0.5, 0.6) is 5.75 Å². The van der Waals surface area contributed by atoms with Gasteiger partial charge in [-0.3, -0.25) is 14.0 Å². The number of carbonyl (C=O) groups excluding carboxylic acids is 2. The van der Waals surface area contributed by atoms with Crippen molar-refractivity contribution < 1.29 is 27.5 Å². The highest BCUT2D eigenvalue weighted by atomic mass is 32.1. The fourth-order valence-corrected chi connectivity index (χ4v) is 4.49. The minimum atomic E-state index is -0.986. The Hall–Kier alpha value is -3.86. The predicted octanol–water partition coefficient (Wildman–Crippen LogP) is 3.63. The van der Waals surface area contributed by atoms with Crippen molar-refractivity contribution in [3.63, 3.8) is 0 Å². The van der Waals surface area contributed by atoms with Gasteiger partial charge in [-0.2, -0.15) is 4.39 Å². The summed E-state index contributed by atoms with van der Waals surface area (Å²) in [5.74, 6) is -2.30. The molecule has 0 saturated carbocycles. The molecule has 2 amide bonds. The van der Waals surface area contributed by atoms with Gasteiger partial charge in [-0.1, -0.05) is 23.5 Å². The van der Waals surface area contributed by atoms with Gasteiger partial charge in [0.25, 0.3) is 11.8 Å². The zero-order valence-electron chi connectivity index (χ0n) is 17.0. The van der Waals surface area contributed by atoms with Crippen LogP contribution in [0.15, 0.2) is 48.7 Å². The van der Waals surface area contributed by atoms with Gasteiger partial charge in [0.05, 0.1) is 5.69 Å². The Balaban J connectivity index is 1.43. The van der Waals surface area contributed by atoms with E-state index in [9.17, 15) is 22.8 Å². The lowest BCUT2D eigenvalue weighted by Gasteiger charge is -2.20. The van der Waals surface area contributed by atoms with E-state index in [1.54, 1.807) is 31.3 Å². The number of amides is 2. The summed E-state index contributed by atoms with van der Waals surface area (Å²) >= 11 is 0.612. The number of carbonyl (C=O) groups is 2. The van der Waals surface area contributed by atoms with Crippen LogP contribution in [-0.4, -0.2) is 40.9 Å². The molecule has 1 aliphatic heterocycles. The van der Waals surface area contributed by atoms with Crippen LogP contribution in [0.1, 0.15) is 10.5 Å². The highest BCUT2D eigenvalue weighted by molar-refractivity contribution is 7.15. The van der Waals surface area contributed by atoms with E-state index in [-0.39, 0.29) is 34.4 Å². The van der Waals surface area contributed by atoms with E-state index in [0.717, 1.165) is 12.1 Å². The summed E-state index contributed by atoms with van der Waals surface area (Å²) in [5.41, 5.74) is 0.129. The molecule has 5 rings (SSSR count). The second kappa shape index (κ2) is 7.93. The van der Waals surface area contributed by atoms with Gasteiger partial charge in [0.15, 0.2) is 4.96 Å². The lowest BCUT2D eigenvalue weighted by Crippen LogP contribution is -2.49. The van der Waals surface area contributed by atoms with Crippen molar-refractivity contribution in [2.45, 2.75) is 6.04 Å². The van der Waals surface area contributed by atoms with Crippen molar-refractivity contribution in [1.82, 2.24) is 14.7 Å². The van der Waals surface area contributed by atoms with Gasteiger partial charge in [0.1, 0.15) is 41.4 Å². The van der Waals surface area contributed by atoms with Gasteiger partial charge in [0, 0.05) is 24.9 Å². The largest absolute Gasteiger partial charge is 0.489 e. The molecule has 0 aliphatic carbocycles. The van der Waals surface area contributed by atoms with E-state index in [4.69, 9.17) is 4.74 Å². The number of para-hydroxylation sites is 2. The van der Waals surface area contributed by atoms with Crippen molar-refractivity contribution in [3.8, 4) is 17.0 Å². The molecule has 1 atom stereocenters. The molecule has 4 aromatic rings. The molecule has 2 aromatic heterocycles. The highest BCUT2D eigenvalue weighted by Gasteiger charge is 2.31. The Labute approximate surface area is 189 Å². The van der Waals surface area contributed by atoms with Crippen LogP contribution in [0.3, 0.4) is 0 Å². The van der Waals surface area contributed by atoms with Crippen molar-refractivity contribution in [3.05, 3.63) is 71.1 Å². The zero-order valence-corrected chi connectivity index (χ0v) is 17.8. The Kier molecular flexibility index (Phi) is 5.05. The standard InChI is InChI=1S/C22H15F3N4O3S/c1-28-16-4-2-3-5-17(16)32-10-15(21(28)31)26-20(30)14-9-29-18(19(25)33-22(29)27-14)12-7-6-11(23)8-13(12)24/h2-9,15H,10H2,1H3,(H,26,30)/t15-/m0/s1. The first-order valence-corrected chi connectivity index (χ1v) is 10.6. The van der Waals surface area contributed by atoms with Crippen molar-refractivity contribution in [2.24, 2.45) is 0 Å². The molecular formula is C22H15F3N4O3S. The summed E-state index contributed by atoms with van der Waals surface area (Å²) in [5, 5.41) is 1.86. The normalized spacial score (nSPS) is 15.8. The molecule has 0 radical (unpaired) electrons. The Morgan fingerprint density at radius 2 is 2.00 bits per heavy atom. The maximum atomic E-state index is 14.5. The lowest BCUT2D eigenvalue weighted by atomic mass is 10.1. The van der Waals surface area contributed by atoms with E-state index in [1.807, 2.05) is 0 Å². The van der Waals surface area contributed by atoms with E-state index in [1.165, 1.54) is 15.5 Å². The SMILES string of the molecule is CN1C(=O)[C@@H](NC(=O)c2cn3c(-c4ccc(F)cc4F)c(F)sc3n2)COc2ccccc21.